The van der Waals surface area contributed by atoms with E-state index in [-0.39, 0.29) is 22.8 Å². The van der Waals surface area contributed by atoms with Gasteiger partial charge in [-0.05, 0) is 36.9 Å². The second-order valence-electron chi connectivity index (χ2n) is 5.93. The highest BCUT2D eigenvalue weighted by atomic mass is 19.3. The van der Waals surface area contributed by atoms with E-state index in [2.05, 4.69) is 15.2 Å². The maximum Gasteiger partial charge on any atom is 0.280 e. The van der Waals surface area contributed by atoms with E-state index in [0.29, 0.717) is 24.2 Å². The van der Waals surface area contributed by atoms with Gasteiger partial charge in [0.25, 0.3) is 12.3 Å². The maximum absolute atomic E-state index is 13.0. The monoisotopic (exact) mass is 333 g/mol. The van der Waals surface area contributed by atoms with Gasteiger partial charge in [-0.25, -0.2) is 8.78 Å². The summed E-state index contributed by atoms with van der Waals surface area (Å²) < 4.78 is 55.6. The van der Waals surface area contributed by atoms with Crippen LogP contribution in [-0.4, -0.2) is 19.9 Å². The molecule has 0 N–H and O–H groups in total. The van der Waals surface area contributed by atoms with Gasteiger partial charge in [0.1, 0.15) is 5.69 Å². The molecule has 3 aromatic rings. The lowest BCUT2D eigenvalue weighted by Gasteiger charge is -2.13. The van der Waals surface area contributed by atoms with Gasteiger partial charge in [-0.1, -0.05) is 29.4 Å². The molecule has 5 nitrogen and oxygen atoms in total. The number of benzene rings is 1. The van der Waals surface area contributed by atoms with E-state index in [1.165, 1.54) is 13.1 Å². The molecule has 0 spiro atoms. The minimum absolute atomic E-state index is 0.0325. The van der Waals surface area contributed by atoms with Gasteiger partial charge in [0, 0.05) is 11.2 Å². The lowest BCUT2D eigenvalue weighted by Crippen LogP contribution is -2.12. The molecular formula is C17H16F2N4O. The molecule has 7 heteroatoms. The fraction of sp³-hybridized carbons (Fsp3) is 0.353. The van der Waals surface area contributed by atoms with Crippen molar-refractivity contribution in [2.75, 3.05) is 0 Å². The van der Waals surface area contributed by atoms with Crippen LogP contribution >= 0.6 is 0 Å². The Balaban J connectivity index is 1.73. The molecule has 1 fully saturated rings. The molecule has 2 heterocycles. The van der Waals surface area contributed by atoms with E-state index in [1.54, 1.807) is 24.3 Å². The summed E-state index contributed by atoms with van der Waals surface area (Å²) in [5.74, 6) is 0.378. The van der Waals surface area contributed by atoms with Crippen LogP contribution in [0.3, 0.4) is 0 Å². The second-order valence-corrected chi connectivity index (χ2v) is 5.93. The van der Waals surface area contributed by atoms with Gasteiger partial charge in [-0.2, -0.15) is 10.1 Å². The molecule has 24 heavy (non-hydrogen) atoms. The van der Waals surface area contributed by atoms with Crippen molar-refractivity contribution in [2.45, 2.75) is 31.5 Å². The summed E-state index contributed by atoms with van der Waals surface area (Å²) in [5, 5.41) is 8.00. The van der Waals surface area contributed by atoms with Gasteiger partial charge in [0.2, 0.25) is 0 Å². The van der Waals surface area contributed by atoms with E-state index >= 15 is 0 Å². The van der Waals surface area contributed by atoms with Crippen molar-refractivity contribution in [1.82, 2.24) is 19.9 Å². The smallest absolute Gasteiger partial charge is 0.280 e. The summed E-state index contributed by atoms with van der Waals surface area (Å²) in [7, 11) is 1.41. The van der Waals surface area contributed by atoms with Gasteiger partial charge in [0.05, 0.1) is 5.41 Å². The Labute approximate surface area is 141 Å². The topological polar surface area (TPSA) is 56.7 Å². The van der Waals surface area contributed by atoms with E-state index in [1.807, 2.05) is 0 Å². The van der Waals surface area contributed by atoms with Gasteiger partial charge >= 0.3 is 0 Å². The zero-order valence-corrected chi connectivity index (χ0v) is 12.8. The molecule has 0 radical (unpaired) electrons. The largest absolute Gasteiger partial charge is 0.332 e. The third-order valence-corrected chi connectivity index (χ3v) is 4.41. The standard InChI is InChI=1S/C17H16F2N4O/c1-10-5-3-4-6-11(10)17(7-8-17)16-20-15(24-22-16)12-9-13(14(18)19)23(2)21-12/h3-6,9,14H,7-8H2,1-2H3/i1D3. The normalized spacial score (nSPS) is 18.2. The van der Waals surface area contributed by atoms with Crippen molar-refractivity contribution in [2.24, 2.45) is 7.05 Å². The minimum atomic E-state index is -2.67. The minimum Gasteiger partial charge on any atom is -0.332 e. The number of hydrogen-bond donors (Lipinski definition) is 0. The molecule has 1 aliphatic rings. The molecular weight excluding hydrogens is 314 g/mol. The highest BCUT2D eigenvalue weighted by Crippen LogP contribution is 2.53. The Morgan fingerprint density at radius 1 is 1.33 bits per heavy atom. The molecule has 4 rings (SSSR count). The molecule has 0 aliphatic heterocycles. The van der Waals surface area contributed by atoms with Crippen LogP contribution in [0.25, 0.3) is 11.6 Å². The number of rotatable bonds is 4. The lowest BCUT2D eigenvalue weighted by atomic mass is 9.91. The molecule has 1 aliphatic carbocycles. The molecule has 0 saturated heterocycles. The summed E-state index contributed by atoms with van der Waals surface area (Å²) >= 11 is 0. The lowest BCUT2D eigenvalue weighted by molar-refractivity contribution is 0.141. The van der Waals surface area contributed by atoms with Gasteiger partial charge in [-0.15, -0.1) is 0 Å². The Bertz CT molecular complexity index is 992. The fourth-order valence-electron chi connectivity index (χ4n) is 2.95. The van der Waals surface area contributed by atoms with Crippen molar-refractivity contribution in [3.8, 4) is 11.6 Å². The molecule has 2 aromatic heterocycles. The van der Waals surface area contributed by atoms with Crippen LogP contribution in [-0.2, 0) is 12.5 Å². The first kappa shape index (κ1) is 11.9. The number of hydrogen-bond acceptors (Lipinski definition) is 4. The zero-order chi connectivity index (χ0) is 19.4. The Morgan fingerprint density at radius 3 is 2.79 bits per heavy atom. The van der Waals surface area contributed by atoms with E-state index in [0.717, 1.165) is 4.68 Å². The summed E-state index contributed by atoms with van der Waals surface area (Å²) in [4.78, 5) is 4.35. The van der Waals surface area contributed by atoms with Crippen molar-refractivity contribution >= 4 is 0 Å². The van der Waals surface area contributed by atoms with E-state index in [4.69, 9.17) is 8.64 Å². The Hall–Kier alpha value is -2.57. The van der Waals surface area contributed by atoms with E-state index < -0.39 is 18.7 Å². The highest BCUT2D eigenvalue weighted by molar-refractivity contribution is 5.50. The Kier molecular flexibility index (Phi) is 2.59. The SMILES string of the molecule is [2H]C([2H])([2H])c1ccccc1C1(c2noc(-c3cc(C(F)F)n(C)n3)n2)CC1. The molecule has 0 unspecified atom stereocenters. The summed E-state index contributed by atoms with van der Waals surface area (Å²) in [6.45, 7) is -2.26. The number of nitrogens with zero attached hydrogens (tertiary/aromatic N) is 4. The average Bonchev–Trinajstić information content (AvgIpc) is 3.08. The molecule has 0 amide bonds. The van der Waals surface area contributed by atoms with Crippen LogP contribution in [0.15, 0.2) is 34.9 Å². The first-order chi connectivity index (χ1) is 12.7. The average molecular weight is 333 g/mol. The molecule has 1 aromatic carbocycles. The zero-order valence-electron chi connectivity index (χ0n) is 15.8. The number of aromatic nitrogens is 4. The fourth-order valence-corrected chi connectivity index (χ4v) is 2.95. The van der Waals surface area contributed by atoms with Crippen LogP contribution in [0, 0.1) is 6.85 Å². The highest BCUT2D eigenvalue weighted by Gasteiger charge is 2.50. The number of alkyl halides is 2. The quantitative estimate of drug-likeness (QED) is 0.729. The summed E-state index contributed by atoms with van der Waals surface area (Å²) in [5.41, 5.74) is 0.177. The maximum atomic E-state index is 13.0. The van der Waals surface area contributed by atoms with Crippen LogP contribution in [0.5, 0.6) is 0 Å². The van der Waals surface area contributed by atoms with Gasteiger partial charge < -0.3 is 4.52 Å². The first-order valence-corrected chi connectivity index (χ1v) is 7.49. The molecule has 0 bridgehead atoms. The predicted molar refractivity (Wildman–Crippen MR) is 82.7 cm³/mol. The molecule has 124 valence electrons. The first-order valence-electron chi connectivity index (χ1n) is 8.99. The molecule has 0 atom stereocenters. The molecule has 1 saturated carbocycles. The van der Waals surface area contributed by atoms with Gasteiger partial charge in [0.15, 0.2) is 11.5 Å². The second kappa shape index (κ2) is 5.22. The summed E-state index contributed by atoms with van der Waals surface area (Å²) in [6, 6.07) is 8.01. The predicted octanol–water partition coefficient (Wildman–Crippen LogP) is 3.80. The summed E-state index contributed by atoms with van der Waals surface area (Å²) in [6.07, 6.45) is -1.30. The van der Waals surface area contributed by atoms with Crippen molar-refractivity contribution < 1.29 is 17.4 Å². The van der Waals surface area contributed by atoms with Crippen LogP contribution in [0.4, 0.5) is 8.78 Å². The van der Waals surface area contributed by atoms with Crippen LogP contribution in [0.1, 0.15) is 46.0 Å². The van der Waals surface area contributed by atoms with E-state index in [9.17, 15) is 8.78 Å². The third-order valence-electron chi connectivity index (χ3n) is 4.41. The van der Waals surface area contributed by atoms with Gasteiger partial charge in [-0.3, -0.25) is 4.68 Å². The Morgan fingerprint density at radius 2 is 2.12 bits per heavy atom. The van der Waals surface area contributed by atoms with Crippen molar-refractivity contribution in [3.63, 3.8) is 0 Å². The van der Waals surface area contributed by atoms with Crippen LogP contribution < -0.4 is 0 Å². The van der Waals surface area contributed by atoms with Crippen LogP contribution in [0.2, 0.25) is 0 Å². The number of halogens is 2. The number of aryl methyl sites for hydroxylation is 2. The van der Waals surface area contributed by atoms with Crippen molar-refractivity contribution in [3.05, 3.63) is 53.0 Å². The van der Waals surface area contributed by atoms with Crippen molar-refractivity contribution in [1.29, 1.82) is 0 Å². The third kappa shape index (κ3) is 2.23.